The Morgan fingerprint density at radius 3 is 2.92 bits per heavy atom. The van der Waals surface area contributed by atoms with Gasteiger partial charge in [-0.2, -0.15) is 0 Å². The van der Waals surface area contributed by atoms with E-state index in [0.717, 1.165) is 11.7 Å². The average molecular weight is 192 g/mol. The van der Waals surface area contributed by atoms with Crippen LogP contribution in [-0.2, 0) is 0 Å². The minimum absolute atomic E-state index is 0.446. The molecule has 1 heterocycles. The predicted octanol–water partition coefficient (Wildman–Crippen LogP) is 2.70. The molecule has 2 nitrogen and oxygen atoms in total. The molecule has 13 heavy (non-hydrogen) atoms. The number of benzene rings is 1. The SMILES string of the molecule is O=Cc1c(Cl)ccc2cccnc12. The number of rotatable bonds is 1. The number of aldehydes is 1. The minimum atomic E-state index is 0.446. The van der Waals surface area contributed by atoms with Crippen molar-refractivity contribution in [2.24, 2.45) is 0 Å². The van der Waals surface area contributed by atoms with Crippen LogP contribution >= 0.6 is 11.6 Å². The molecule has 1 aromatic heterocycles. The summed E-state index contributed by atoms with van der Waals surface area (Å²) in [5.74, 6) is 0. The summed E-state index contributed by atoms with van der Waals surface area (Å²) in [7, 11) is 0. The number of hydrogen-bond donors (Lipinski definition) is 0. The Balaban J connectivity index is 2.91. The Kier molecular flexibility index (Phi) is 1.99. The van der Waals surface area contributed by atoms with Crippen LogP contribution in [0.25, 0.3) is 10.9 Å². The van der Waals surface area contributed by atoms with Gasteiger partial charge in [-0.1, -0.05) is 23.7 Å². The molecule has 0 aliphatic heterocycles. The summed E-state index contributed by atoms with van der Waals surface area (Å²) in [5, 5.41) is 1.37. The standard InChI is InChI=1S/C10H6ClNO/c11-9-4-3-7-2-1-5-12-10(7)8(9)6-13/h1-6H. The zero-order valence-electron chi connectivity index (χ0n) is 6.70. The Bertz CT molecular complexity index is 467. The molecule has 0 radical (unpaired) electrons. The molecule has 2 rings (SSSR count). The molecular formula is C10H6ClNO. The molecule has 2 aromatic rings. The van der Waals surface area contributed by atoms with Crippen molar-refractivity contribution in [3.8, 4) is 0 Å². The Morgan fingerprint density at radius 1 is 1.31 bits per heavy atom. The lowest BCUT2D eigenvalue weighted by atomic mass is 10.1. The monoisotopic (exact) mass is 191 g/mol. The third-order valence-corrected chi connectivity index (χ3v) is 2.21. The summed E-state index contributed by atoms with van der Waals surface area (Å²) >= 11 is 5.83. The molecule has 0 saturated heterocycles. The van der Waals surface area contributed by atoms with Gasteiger partial charge in [0, 0.05) is 11.6 Å². The van der Waals surface area contributed by atoms with Gasteiger partial charge in [0.2, 0.25) is 0 Å². The quantitative estimate of drug-likeness (QED) is 0.649. The molecule has 3 heteroatoms. The van der Waals surface area contributed by atoms with Crippen LogP contribution in [0.5, 0.6) is 0 Å². The summed E-state index contributed by atoms with van der Waals surface area (Å²) in [4.78, 5) is 14.8. The van der Waals surface area contributed by atoms with Crippen LogP contribution in [0.3, 0.4) is 0 Å². The summed E-state index contributed by atoms with van der Waals surface area (Å²) in [6.07, 6.45) is 2.38. The molecule has 0 unspecified atom stereocenters. The van der Waals surface area contributed by atoms with Crippen LogP contribution in [0.2, 0.25) is 5.02 Å². The molecule has 0 spiro atoms. The fourth-order valence-electron chi connectivity index (χ4n) is 1.26. The van der Waals surface area contributed by atoms with E-state index in [1.54, 1.807) is 12.3 Å². The van der Waals surface area contributed by atoms with Crippen LogP contribution in [0.1, 0.15) is 10.4 Å². The third-order valence-electron chi connectivity index (χ3n) is 1.88. The van der Waals surface area contributed by atoms with Gasteiger partial charge in [0.15, 0.2) is 6.29 Å². The Labute approximate surface area is 80.2 Å². The molecule has 0 N–H and O–H groups in total. The third kappa shape index (κ3) is 1.29. The van der Waals surface area contributed by atoms with E-state index >= 15 is 0 Å². The van der Waals surface area contributed by atoms with E-state index in [9.17, 15) is 4.79 Å². The summed E-state index contributed by atoms with van der Waals surface area (Å²) in [5.41, 5.74) is 1.12. The number of aromatic nitrogens is 1. The maximum absolute atomic E-state index is 10.7. The molecule has 1 aromatic carbocycles. The largest absolute Gasteiger partial charge is 0.298 e. The molecule has 0 atom stereocenters. The highest BCUT2D eigenvalue weighted by atomic mass is 35.5. The second-order valence-corrected chi connectivity index (χ2v) is 3.06. The van der Waals surface area contributed by atoms with Gasteiger partial charge in [0.25, 0.3) is 0 Å². The van der Waals surface area contributed by atoms with Gasteiger partial charge in [-0.25, -0.2) is 0 Å². The van der Waals surface area contributed by atoms with Crippen LogP contribution in [0.15, 0.2) is 30.5 Å². The van der Waals surface area contributed by atoms with Crippen molar-refractivity contribution in [1.82, 2.24) is 4.98 Å². The van der Waals surface area contributed by atoms with Crippen LogP contribution in [0, 0.1) is 0 Å². The van der Waals surface area contributed by atoms with E-state index in [0.29, 0.717) is 16.1 Å². The smallest absolute Gasteiger partial charge is 0.153 e. The van der Waals surface area contributed by atoms with Gasteiger partial charge >= 0.3 is 0 Å². The molecule has 0 saturated carbocycles. The van der Waals surface area contributed by atoms with Crippen LogP contribution in [0.4, 0.5) is 0 Å². The Hall–Kier alpha value is -1.41. The van der Waals surface area contributed by atoms with E-state index in [1.165, 1.54) is 0 Å². The maximum atomic E-state index is 10.7. The van der Waals surface area contributed by atoms with Crippen molar-refractivity contribution in [3.05, 3.63) is 41.0 Å². The minimum Gasteiger partial charge on any atom is -0.298 e. The highest BCUT2D eigenvalue weighted by Crippen LogP contribution is 2.22. The van der Waals surface area contributed by atoms with Gasteiger partial charge in [0.1, 0.15) is 0 Å². The first-order valence-corrected chi connectivity index (χ1v) is 4.19. The zero-order chi connectivity index (χ0) is 9.26. The van der Waals surface area contributed by atoms with Crippen LogP contribution in [-0.4, -0.2) is 11.3 Å². The van der Waals surface area contributed by atoms with Crippen LogP contribution < -0.4 is 0 Å². The number of nitrogens with zero attached hydrogens (tertiary/aromatic N) is 1. The fourth-order valence-corrected chi connectivity index (χ4v) is 1.45. The van der Waals surface area contributed by atoms with Crippen molar-refractivity contribution in [2.45, 2.75) is 0 Å². The van der Waals surface area contributed by atoms with E-state index in [4.69, 9.17) is 11.6 Å². The number of carbonyl (C=O) groups is 1. The lowest BCUT2D eigenvalue weighted by Crippen LogP contribution is -1.87. The molecule has 0 aliphatic rings. The maximum Gasteiger partial charge on any atom is 0.153 e. The number of fused-ring (bicyclic) bond motifs is 1. The second kappa shape index (κ2) is 3.15. The van der Waals surface area contributed by atoms with Gasteiger partial charge in [0.05, 0.1) is 16.1 Å². The normalized spacial score (nSPS) is 10.2. The highest BCUT2D eigenvalue weighted by Gasteiger charge is 2.04. The predicted molar refractivity (Wildman–Crippen MR) is 52.1 cm³/mol. The van der Waals surface area contributed by atoms with E-state index in [1.807, 2.05) is 18.2 Å². The highest BCUT2D eigenvalue weighted by molar-refractivity contribution is 6.34. The molecule has 0 fully saturated rings. The number of hydrogen-bond acceptors (Lipinski definition) is 2. The summed E-state index contributed by atoms with van der Waals surface area (Å²) in [6, 6.07) is 7.27. The van der Waals surface area contributed by atoms with Gasteiger partial charge < -0.3 is 0 Å². The van der Waals surface area contributed by atoms with Crippen molar-refractivity contribution in [2.75, 3.05) is 0 Å². The fraction of sp³-hybridized carbons (Fsp3) is 0. The Morgan fingerprint density at radius 2 is 2.15 bits per heavy atom. The van der Waals surface area contributed by atoms with E-state index in [-0.39, 0.29) is 0 Å². The second-order valence-electron chi connectivity index (χ2n) is 2.65. The number of carbonyl (C=O) groups excluding carboxylic acids is 1. The van der Waals surface area contributed by atoms with Gasteiger partial charge in [-0.05, 0) is 12.1 Å². The first-order chi connectivity index (χ1) is 6.33. The molecule has 0 bridgehead atoms. The van der Waals surface area contributed by atoms with Gasteiger partial charge in [-0.3, -0.25) is 9.78 Å². The number of halogens is 1. The topological polar surface area (TPSA) is 30.0 Å². The zero-order valence-corrected chi connectivity index (χ0v) is 7.45. The lowest BCUT2D eigenvalue weighted by Gasteiger charge is -2.00. The van der Waals surface area contributed by atoms with Crippen molar-refractivity contribution in [3.63, 3.8) is 0 Å². The van der Waals surface area contributed by atoms with E-state index < -0.39 is 0 Å². The molecule has 64 valence electrons. The van der Waals surface area contributed by atoms with E-state index in [2.05, 4.69) is 4.98 Å². The lowest BCUT2D eigenvalue weighted by molar-refractivity contribution is 0.112. The first kappa shape index (κ1) is 8.20. The first-order valence-electron chi connectivity index (χ1n) is 3.81. The average Bonchev–Trinajstić information content (AvgIpc) is 2.18. The molecule has 0 amide bonds. The van der Waals surface area contributed by atoms with Crippen molar-refractivity contribution >= 4 is 28.8 Å². The van der Waals surface area contributed by atoms with Crippen molar-refractivity contribution in [1.29, 1.82) is 0 Å². The molecular weight excluding hydrogens is 186 g/mol. The van der Waals surface area contributed by atoms with Gasteiger partial charge in [-0.15, -0.1) is 0 Å². The molecule has 0 aliphatic carbocycles. The number of pyridine rings is 1. The van der Waals surface area contributed by atoms with Crippen molar-refractivity contribution < 1.29 is 4.79 Å². The summed E-state index contributed by atoms with van der Waals surface area (Å²) in [6.45, 7) is 0. The summed E-state index contributed by atoms with van der Waals surface area (Å²) < 4.78 is 0.